The fourth-order valence-corrected chi connectivity index (χ4v) is 0.596. The average molecular weight is 184 g/mol. The zero-order valence-corrected chi connectivity index (χ0v) is 7.62. The third kappa shape index (κ3) is 7.06. The molecule has 0 aromatic rings. The van der Waals surface area contributed by atoms with Crippen molar-refractivity contribution in [3.8, 4) is 12.3 Å². The van der Waals surface area contributed by atoms with Crippen LogP contribution in [0.1, 0.15) is 0 Å². The van der Waals surface area contributed by atoms with E-state index in [2.05, 4.69) is 23.1 Å². The molecule has 0 aromatic carbocycles. The lowest BCUT2D eigenvalue weighted by molar-refractivity contribution is 0.161. The van der Waals surface area contributed by atoms with Crippen molar-refractivity contribution in [3.63, 3.8) is 0 Å². The van der Waals surface area contributed by atoms with Gasteiger partial charge in [-0.2, -0.15) is 0 Å². The smallest absolute Gasteiger partial charge is 0.168 e. The van der Waals surface area contributed by atoms with Crippen LogP contribution in [0.25, 0.3) is 0 Å². The van der Waals surface area contributed by atoms with Crippen LogP contribution in [-0.2, 0) is 4.74 Å². The summed E-state index contributed by atoms with van der Waals surface area (Å²) in [6.45, 7) is 4.79. The molecule has 0 radical (unpaired) electrons. The second kappa shape index (κ2) is 8.05. The molecular weight excluding hydrogens is 172 g/mol. The highest BCUT2D eigenvalue weighted by atomic mass is 32.1. The summed E-state index contributed by atoms with van der Waals surface area (Å²) in [6, 6.07) is 0. The van der Waals surface area contributed by atoms with Crippen molar-refractivity contribution in [1.29, 1.82) is 0 Å². The average Bonchev–Trinajstić information content (AvgIpc) is 2.09. The minimum Gasteiger partial charge on any atom is -0.359 e. The minimum atomic E-state index is 0.289. The van der Waals surface area contributed by atoms with Crippen LogP contribution in [0.3, 0.4) is 0 Å². The summed E-state index contributed by atoms with van der Waals surface area (Å²) < 4.78 is 4.93. The normalized spacial score (nSPS) is 8.25. The number of terminal acetylenes is 1. The Morgan fingerprint density at radius 2 is 2.42 bits per heavy atom. The van der Waals surface area contributed by atoms with E-state index in [4.69, 9.17) is 23.4 Å². The van der Waals surface area contributed by atoms with Crippen LogP contribution >= 0.6 is 12.2 Å². The zero-order valence-electron chi connectivity index (χ0n) is 6.80. The van der Waals surface area contributed by atoms with Gasteiger partial charge in [0.15, 0.2) is 5.11 Å². The van der Waals surface area contributed by atoms with E-state index in [1.54, 1.807) is 6.08 Å². The lowest BCUT2D eigenvalue weighted by atomic mass is 10.6. The molecule has 0 aromatic heterocycles. The van der Waals surface area contributed by atoms with Gasteiger partial charge in [0, 0.05) is 6.54 Å². The van der Waals surface area contributed by atoms with Gasteiger partial charge in [-0.15, -0.1) is 13.0 Å². The maximum Gasteiger partial charge on any atom is 0.168 e. The lowest BCUT2D eigenvalue weighted by Crippen LogP contribution is -2.36. The van der Waals surface area contributed by atoms with Gasteiger partial charge in [-0.3, -0.25) is 0 Å². The molecule has 3 nitrogen and oxygen atoms in total. The van der Waals surface area contributed by atoms with Crippen LogP contribution < -0.4 is 10.6 Å². The van der Waals surface area contributed by atoms with Crippen molar-refractivity contribution in [2.45, 2.75) is 0 Å². The third-order valence-electron chi connectivity index (χ3n) is 0.927. The number of thiocarbonyl (C=S) groups is 1. The van der Waals surface area contributed by atoms with Crippen molar-refractivity contribution in [2.24, 2.45) is 0 Å². The fraction of sp³-hybridized carbons (Fsp3) is 0.375. The lowest BCUT2D eigenvalue weighted by Gasteiger charge is -2.07. The van der Waals surface area contributed by atoms with E-state index in [0.29, 0.717) is 18.4 Å². The number of hydrogen-bond donors (Lipinski definition) is 2. The first-order chi connectivity index (χ1) is 5.81. The van der Waals surface area contributed by atoms with Crippen molar-refractivity contribution in [1.82, 2.24) is 10.6 Å². The van der Waals surface area contributed by atoms with Gasteiger partial charge in [0.1, 0.15) is 13.3 Å². The van der Waals surface area contributed by atoms with E-state index in [-0.39, 0.29) is 6.61 Å². The van der Waals surface area contributed by atoms with Crippen LogP contribution in [0, 0.1) is 12.3 Å². The summed E-state index contributed by atoms with van der Waals surface area (Å²) in [5, 5.41) is 6.22. The maximum absolute atomic E-state index is 4.96. The highest BCUT2D eigenvalue weighted by molar-refractivity contribution is 7.80. The number of nitrogens with one attached hydrogen (secondary N) is 2. The molecule has 4 heteroatoms. The molecule has 0 bridgehead atoms. The molecule has 0 amide bonds. The molecule has 2 N–H and O–H groups in total. The highest BCUT2D eigenvalue weighted by Gasteiger charge is 1.89. The van der Waals surface area contributed by atoms with Crippen molar-refractivity contribution in [2.75, 3.05) is 19.9 Å². The molecular formula is C8H12N2OS. The van der Waals surface area contributed by atoms with E-state index in [1.807, 2.05) is 0 Å². The monoisotopic (exact) mass is 184 g/mol. The topological polar surface area (TPSA) is 33.3 Å². The largest absolute Gasteiger partial charge is 0.359 e. The van der Waals surface area contributed by atoms with Gasteiger partial charge in [0.2, 0.25) is 0 Å². The number of ether oxygens (including phenoxy) is 1. The molecule has 0 aliphatic rings. The summed E-state index contributed by atoms with van der Waals surface area (Å²) in [5.74, 6) is 2.34. The summed E-state index contributed by atoms with van der Waals surface area (Å²) in [7, 11) is 0. The van der Waals surface area contributed by atoms with Gasteiger partial charge in [0.25, 0.3) is 0 Å². The van der Waals surface area contributed by atoms with Crippen molar-refractivity contribution in [3.05, 3.63) is 12.7 Å². The Hall–Kier alpha value is -1.05. The van der Waals surface area contributed by atoms with Crippen molar-refractivity contribution < 1.29 is 4.74 Å². The molecule has 0 unspecified atom stereocenters. The summed E-state index contributed by atoms with van der Waals surface area (Å²) in [6.07, 6.45) is 6.68. The molecule has 0 aliphatic heterocycles. The van der Waals surface area contributed by atoms with Gasteiger partial charge in [0.05, 0.1) is 0 Å². The number of hydrogen-bond acceptors (Lipinski definition) is 2. The molecule has 0 aliphatic carbocycles. The van der Waals surface area contributed by atoms with Gasteiger partial charge in [-0.05, 0) is 12.2 Å². The highest BCUT2D eigenvalue weighted by Crippen LogP contribution is 1.70. The van der Waals surface area contributed by atoms with E-state index < -0.39 is 0 Å². The molecule has 0 atom stereocenters. The third-order valence-corrected chi connectivity index (χ3v) is 1.22. The van der Waals surface area contributed by atoms with Crippen LogP contribution in [0.5, 0.6) is 0 Å². The van der Waals surface area contributed by atoms with Gasteiger partial charge in [-0.25, -0.2) is 0 Å². The Labute approximate surface area is 78.2 Å². The fourth-order valence-electron chi connectivity index (χ4n) is 0.454. The standard InChI is InChI=1S/C8H12N2OS/c1-3-5-9-8(12)10-7-11-6-4-2/h2-3H,1,5-7H2,(H2,9,10,12). The Morgan fingerprint density at radius 3 is 3.00 bits per heavy atom. The zero-order chi connectivity index (χ0) is 9.23. The van der Waals surface area contributed by atoms with E-state index >= 15 is 0 Å². The quantitative estimate of drug-likeness (QED) is 0.211. The molecule has 0 heterocycles. The maximum atomic E-state index is 4.96. The first-order valence-corrected chi connectivity index (χ1v) is 3.86. The molecule has 12 heavy (non-hydrogen) atoms. The molecule has 0 saturated carbocycles. The van der Waals surface area contributed by atoms with Gasteiger partial charge in [-0.1, -0.05) is 12.0 Å². The molecule has 0 saturated heterocycles. The van der Waals surface area contributed by atoms with Crippen LogP contribution in [-0.4, -0.2) is 25.0 Å². The second-order valence-electron chi connectivity index (χ2n) is 1.87. The van der Waals surface area contributed by atoms with E-state index in [1.165, 1.54) is 0 Å². The summed E-state index contributed by atoms with van der Waals surface area (Å²) >= 11 is 4.87. The molecule has 0 rings (SSSR count). The van der Waals surface area contributed by atoms with Gasteiger partial charge >= 0.3 is 0 Å². The van der Waals surface area contributed by atoms with Crippen LogP contribution in [0.4, 0.5) is 0 Å². The predicted molar refractivity (Wildman–Crippen MR) is 53.6 cm³/mol. The second-order valence-corrected chi connectivity index (χ2v) is 2.28. The molecule has 0 spiro atoms. The Kier molecular flexibility index (Phi) is 7.35. The Morgan fingerprint density at radius 1 is 1.67 bits per heavy atom. The Balaban J connectivity index is 3.20. The summed E-state index contributed by atoms with van der Waals surface area (Å²) in [5.41, 5.74) is 0. The van der Waals surface area contributed by atoms with Crippen LogP contribution in [0.2, 0.25) is 0 Å². The first kappa shape index (κ1) is 11.0. The minimum absolute atomic E-state index is 0.289. The molecule has 0 fully saturated rings. The Bertz CT molecular complexity index is 186. The van der Waals surface area contributed by atoms with Gasteiger partial charge < -0.3 is 15.4 Å². The predicted octanol–water partition coefficient (Wildman–Crippen LogP) is 0.244. The van der Waals surface area contributed by atoms with E-state index in [0.717, 1.165) is 0 Å². The number of rotatable bonds is 5. The first-order valence-electron chi connectivity index (χ1n) is 3.45. The van der Waals surface area contributed by atoms with Crippen LogP contribution in [0.15, 0.2) is 12.7 Å². The molecule has 66 valence electrons. The SMILES string of the molecule is C#CCOCNC(=S)NCC=C. The summed E-state index contributed by atoms with van der Waals surface area (Å²) in [4.78, 5) is 0. The van der Waals surface area contributed by atoms with E-state index in [9.17, 15) is 0 Å². The van der Waals surface area contributed by atoms with Crippen molar-refractivity contribution >= 4 is 17.3 Å².